The summed E-state index contributed by atoms with van der Waals surface area (Å²) in [6, 6.07) is 17.8. The summed E-state index contributed by atoms with van der Waals surface area (Å²) < 4.78 is 5.75. The Hall–Kier alpha value is -3.16. The second-order valence-corrected chi connectivity index (χ2v) is 5.99. The molecule has 3 aromatic rings. The Morgan fingerprint density at radius 1 is 1.00 bits per heavy atom. The number of aromatic hydroxyl groups is 1. The molecule has 0 aliphatic carbocycles. The number of hydrogen-bond donors (Lipinski definition) is 4. The van der Waals surface area contributed by atoms with Crippen LogP contribution < -0.4 is 10.1 Å². The quantitative estimate of drug-likeness (QED) is 0.484. The first-order valence-corrected chi connectivity index (χ1v) is 8.54. The average Bonchev–Trinajstić information content (AvgIpc) is 2.67. The smallest absolute Gasteiger partial charge is 0.224 e. The van der Waals surface area contributed by atoms with Gasteiger partial charge in [0.05, 0.1) is 12.7 Å². The third-order valence-electron chi connectivity index (χ3n) is 3.72. The van der Waals surface area contributed by atoms with Gasteiger partial charge >= 0.3 is 0 Å². The molecule has 4 N–H and O–H groups in total. The molecule has 0 spiro atoms. The number of aliphatic hydroxyl groups excluding tert-OH is 2. The average molecular weight is 367 g/mol. The first-order chi connectivity index (χ1) is 13.1. The standard InChI is InChI=1S/C20H21N3O4/c24-13-16(26)12-21-18-11-20(27-17-8-4-7-15(25)10-17)23-19(22-18)9-14-5-2-1-3-6-14/h1-8,10-11,16,24-26H,9,12-13H2,(H,21,22,23). The van der Waals surface area contributed by atoms with Crippen LogP contribution in [0.2, 0.25) is 0 Å². The lowest BCUT2D eigenvalue weighted by atomic mass is 10.1. The summed E-state index contributed by atoms with van der Waals surface area (Å²) >= 11 is 0. The maximum Gasteiger partial charge on any atom is 0.224 e. The van der Waals surface area contributed by atoms with Crippen molar-refractivity contribution in [2.75, 3.05) is 18.5 Å². The number of phenolic OH excluding ortho intramolecular Hbond substituents is 1. The highest BCUT2D eigenvalue weighted by Crippen LogP contribution is 2.25. The molecule has 0 aliphatic rings. The van der Waals surface area contributed by atoms with Crippen LogP contribution in [-0.2, 0) is 6.42 Å². The minimum atomic E-state index is -0.895. The number of nitrogens with one attached hydrogen (secondary N) is 1. The van der Waals surface area contributed by atoms with Crippen LogP contribution in [0.5, 0.6) is 17.4 Å². The van der Waals surface area contributed by atoms with Crippen LogP contribution in [0.25, 0.3) is 0 Å². The molecule has 7 nitrogen and oxygen atoms in total. The lowest BCUT2D eigenvalue weighted by molar-refractivity contribution is 0.105. The van der Waals surface area contributed by atoms with E-state index in [1.807, 2.05) is 30.3 Å². The molecule has 0 radical (unpaired) electrons. The Morgan fingerprint density at radius 2 is 1.81 bits per heavy atom. The number of anilines is 1. The third-order valence-corrected chi connectivity index (χ3v) is 3.72. The first kappa shape index (κ1) is 18.6. The van der Waals surface area contributed by atoms with Gasteiger partial charge in [-0.05, 0) is 17.7 Å². The summed E-state index contributed by atoms with van der Waals surface area (Å²) in [5, 5.41) is 31.1. The molecule has 1 atom stereocenters. The Kier molecular flexibility index (Phi) is 6.19. The van der Waals surface area contributed by atoms with E-state index in [9.17, 15) is 10.2 Å². The molecule has 140 valence electrons. The van der Waals surface area contributed by atoms with Crippen LogP contribution in [0, 0.1) is 0 Å². The van der Waals surface area contributed by atoms with E-state index in [4.69, 9.17) is 9.84 Å². The molecule has 2 aromatic carbocycles. The van der Waals surface area contributed by atoms with Gasteiger partial charge in [0.2, 0.25) is 5.88 Å². The van der Waals surface area contributed by atoms with Crippen molar-refractivity contribution in [3.8, 4) is 17.4 Å². The summed E-state index contributed by atoms with van der Waals surface area (Å²) in [5.41, 5.74) is 1.05. The number of ether oxygens (including phenoxy) is 1. The van der Waals surface area contributed by atoms with Crippen molar-refractivity contribution in [1.29, 1.82) is 0 Å². The summed E-state index contributed by atoms with van der Waals surface area (Å²) in [6.45, 7) is -0.203. The van der Waals surface area contributed by atoms with E-state index in [2.05, 4.69) is 15.3 Å². The number of aliphatic hydroxyl groups is 2. The zero-order valence-electron chi connectivity index (χ0n) is 14.6. The van der Waals surface area contributed by atoms with Crippen LogP contribution in [-0.4, -0.2) is 44.5 Å². The number of hydrogen-bond acceptors (Lipinski definition) is 7. The molecular weight excluding hydrogens is 346 g/mol. The molecule has 27 heavy (non-hydrogen) atoms. The Bertz CT molecular complexity index is 874. The summed E-state index contributed by atoms with van der Waals surface area (Å²) in [6.07, 6.45) is -0.386. The predicted molar refractivity (Wildman–Crippen MR) is 101 cm³/mol. The lowest BCUT2D eigenvalue weighted by Crippen LogP contribution is -2.23. The summed E-state index contributed by atoms with van der Waals surface area (Å²) in [7, 11) is 0. The van der Waals surface area contributed by atoms with E-state index >= 15 is 0 Å². The van der Waals surface area contributed by atoms with E-state index in [0.717, 1.165) is 5.56 Å². The Balaban J connectivity index is 1.84. The molecule has 0 aliphatic heterocycles. The van der Waals surface area contributed by atoms with Gasteiger partial charge in [0, 0.05) is 25.1 Å². The predicted octanol–water partition coefficient (Wildman–Crippen LogP) is 2.33. The van der Waals surface area contributed by atoms with Crippen molar-refractivity contribution in [2.24, 2.45) is 0 Å². The first-order valence-electron chi connectivity index (χ1n) is 8.54. The fourth-order valence-electron chi connectivity index (χ4n) is 2.43. The fraction of sp³-hybridized carbons (Fsp3) is 0.200. The van der Waals surface area contributed by atoms with Crippen LogP contribution in [0.3, 0.4) is 0 Å². The van der Waals surface area contributed by atoms with Gasteiger partial charge in [-0.3, -0.25) is 0 Å². The number of aromatic nitrogens is 2. The van der Waals surface area contributed by atoms with Gasteiger partial charge in [-0.1, -0.05) is 36.4 Å². The molecule has 0 saturated carbocycles. The van der Waals surface area contributed by atoms with E-state index in [-0.39, 0.29) is 18.9 Å². The van der Waals surface area contributed by atoms with Gasteiger partial charge in [0.1, 0.15) is 23.1 Å². The highest BCUT2D eigenvalue weighted by molar-refractivity contribution is 5.42. The monoisotopic (exact) mass is 367 g/mol. The van der Waals surface area contributed by atoms with E-state index in [0.29, 0.717) is 29.7 Å². The van der Waals surface area contributed by atoms with Crippen molar-refractivity contribution < 1.29 is 20.1 Å². The molecule has 7 heteroatoms. The highest BCUT2D eigenvalue weighted by atomic mass is 16.5. The van der Waals surface area contributed by atoms with Crippen molar-refractivity contribution >= 4 is 5.82 Å². The molecule has 0 fully saturated rings. The van der Waals surface area contributed by atoms with Gasteiger partial charge in [0.15, 0.2) is 0 Å². The molecule has 1 heterocycles. The normalized spacial score (nSPS) is 11.8. The SMILES string of the molecule is OCC(O)CNc1cc(Oc2cccc(O)c2)nc(Cc2ccccc2)n1. The Morgan fingerprint density at radius 3 is 2.56 bits per heavy atom. The van der Waals surface area contributed by atoms with Gasteiger partial charge in [-0.15, -0.1) is 0 Å². The third kappa shape index (κ3) is 5.67. The van der Waals surface area contributed by atoms with Crippen LogP contribution in [0.4, 0.5) is 5.82 Å². The van der Waals surface area contributed by atoms with Gasteiger partial charge in [-0.2, -0.15) is 4.98 Å². The molecule has 0 bridgehead atoms. The zero-order valence-corrected chi connectivity index (χ0v) is 14.6. The highest BCUT2D eigenvalue weighted by Gasteiger charge is 2.10. The summed E-state index contributed by atoms with van der Waals surface area (Å²) in [4.78, 5) is 8.88. The molecule has 0 amide bonds. The topological polar surface area (TPSA) is 108 Å². The molecular formula is C20H21N3O4. The lowest BCUT2D eigenvalue weighted by Gasteiger charge is -2.13. The minimum absolute atomic E-state index is 0.0930. The second-order valence-electron chi connectivity index (χ2n) is 5.99. The summed E-state index contributed by atoms with van der Waals surface area (Å²) in [5.74, 6) is 1.86. The number of benzene rings is 2. The van der Waals surface area contributed by atoms with Crippen molar-refractivity contribution in [1.82, 2.24) is 9.97 Å². The molecule has 3 rings (SSSR count). The molecule has 0 saturated heterocycles. The van der Waals surface area contributed by atoms with Crippen molar-refractivity contribution in [2.45, 2.75) is 12.5 Å². The van der Waals surface area contributed by atoms with Crippen molar-refractivity contribution in [3.63, 3.8) is 0 Å². The van der Waals surface area contributed by atoms with Crippen LogP contribution >= 0.6 is 0 Å². The number of nitrogens with zero attached hydrogens (tertiary/aromatic N) is 2. The number of rotatable bonds is 8. The fourth-order valence-corrected chi connectivity index (χ4v) is 2.43. The van der Waals surface area contributed by atoms with E-state index in [1.165, 1.54) is 6.07 Å². The molecule has 1 unspecified atom stereocenters. The largest absolute Gasteiger partial charge is 0.508 e. The number of phenols is 1. The minimum Gasteiger partial charge on any atom is -0.508 e. The van der Waals surface area contributed by atoms with Crippen molar-refractivity contribution in [3.05, 3.63) is 72.1 Å². The van der Waals surface area contributed by atoms with E-state index < -0.39 is 6.10 Å². The van der Waals surface area contributed by atoms with Gasteiger partial charge in [-0.25, -0.2) is 4.98 Å². The second kappa shape index (κ2) is 8.98. The van der Waals surface area contributed by atoms with Gasteiger partial charge < -0.3 is 25.4 Å². The zero-order chi connectivity index (χ0) is 19.1. The Labute approximate surface area is 156 Å². The van der Waals surface area contributed by atoms with Crippen LogP contribution in [0.1, 0.15) is 11.4 Å². The van der Waals surface area contributed by atoms with Gasteiger partial charge in [0.25, 0.3) is 0 Å². The molecule has 1 aromatic heterocycles. The maximum absolute atomic E-state index is 9.59. The maximum atomic E-state index is 9.59. The van der Waals surface area contributed by atoms with Crippen LogP contribution in [0.15, 0.2) is 60.7 Å². The van der Waals surface area contributed by atoms with E-state index in [1.54, 1.807) is 24.3 Å².